The van der Waals surface area contributed by atoms with Gasteiger partial charge in [-0.1, -0.05) is 6.92 Å². The Morgan fingerprint density at radius 2 is 1.83 bits per heavy atom. The van der Waals surface area contributed by atoms with Crippen LogP contribution in [0.3, 0.4) is 0 Å². The van der Waals surface area contributed by atoms with Gasteiger partial charge in [0.2, 0.25) is 0 Å². The van der Waals surface area contributed by atoms with Crippen LogP contribution in [0.25, 0.3) is 0 Å². The van der Waals surface area contributed by atoms with Gasteiger partial charge in [0.25, 0.3) is 0 Å². The normalized spacial score (nSPS) is 12.9. The first-order valence-corrected chi connectivity index (χ1v) is 8.99. The number of thiophene rings is 2. The average molecular weight is 409 g/mol. The van der Waals surface area contributed by atoms with Crippen LogP contribution in [0.5, 0.6) is 0 Å². The van der Waals surface area contributed by atoms with Crippen molar-refractivity contribution >= 4 is 54.5 Å². The van der Waals surface area contributed by atoms with Gasteiger partial charge in [0.05, 0.1) is 9.83 Å². The molecular formula is C13H15Br2NS2. The molecule has 2 aromatic rings. The predicted molar refractivity (Wildman–Crippen MR) is 89.0 cm³/mol. The van der Waals surface area contributed by atoms with Crippen LogP contribution in [0.15, 0.2) is 20.4 Å². The van der Waals surface area contributed by atoms with Crippen LogP contribution in [0.4, 0.5) is 0 Å². The monoisotopic (exact) mass is 407 g/mol. The van der Waals surface area contributed by atoms with Crippen molar-refractivity contribution in [3.05, 3.63) is 40.6 Å². The summed E-state index contributed by atoms with van der Waals surface area (Å²) in [6.45, 7) is 7.41. The molecule has 18 heavy (non-hydrogen) atoms. The van der Waals surface area contributed by atoms with Gasteiger partial charge in [-0.3, -0.25) is 0 Å². The van der Waals surface area contributed by atoms with Gasteiger partial charge in [-0.25, -0.2) is 0 Å². The van der Waals surface area contributed by atoms with Gasteiger partial charge in [0, 0.05) is 19.1 Å². The van der Waals surface area contributed by atoms with Gasteiger partial charge in [-0.2, -0.15) is 0 Å². The van der Waals surface area contributed by atoms with E-state index in [2.05, 4.69) is 70.1 Å². The lowest BCUT2D eigenvalue weighted by Crippen LogP contribution is -2.20. The third kappa shape index (κ3) is 3.07. The Morgan fingerprint density at radius 3 is 2.28 bits per heavy atom. The van der Waals surface area contributed by atoms with E-state index in [9.17, 15) is 0 Å². The molecule has 0 bridgehead atoms. The number of rotatable bonds is 4. The summed E-state index contributed by atoms with van der Waals surface area (Å²) in [5.41, 5.74) is 1.31. The second-order valence-electron chi connectivity index (χ2n) is 4.15. The number of nitrogens with one attached hydrogen (secondary N) is 1. The SMILES string of the molecule is CCNC(c1cc(Br)c(C)s1)c1cc(C)c(Br)s1. The number of halogens is 2. The minimum Gasteiger partial charge on any atom is -0.305 e. The van der Waals surface area contributed by atoms with E-state index in [-0.39, 0.29) is 0 Å². The van der Waals surface area contributed by atoms with Gasteiger partial charge in [-0.15, -0.1) is 22.7 Å². The van der Waals surface area contributed by atoms with E-state index < -0.39 is 0 Å². The first-order chi connectivity index (χ1) is 8.52. The third-order valence-electron chi connectivity index (χ3n) is 2.73. The van der Waals surface area contributed by atoms with Crippen molar-refractivity contribution in [1.82, 2.24) is 5.32 Å². The molecule has 0 amide bonds. The van der Waals surface area contributed by atoms with Gasteiger partial charge < -0.3 is 5.32 Å². The van der Waals surface area contributed by atoms with Crippen LogP contribution in [0, 0.1) is 13.8 Å². The molecule has 2 aromatic heterocycles. The molecule has 0 spiro atoms. The summed E-state index contributed by atoms with van der Waals surface area (Å²) in [7, 11) is 0. The van der Waals surface area contributed by atoms with Crippen molar-refractivity contribution in [2.45, 2.75) is 26.8 Å². The Labute approximate surface area is 133 Å². The topological polar surface area (TPSA) is 12.0 Å². The van der Waals surface area contributed by atoms with Gasteiger partial charge in [0.15, 0.2) is 0 Å². The Bertz CT molecular complexity index is 460. The van der Waals surface area contributed by atoms with E-state index in [1.807, 2.05) is 22.7 Å². The van der Waals surface area contributed by atoms with Crippen LogP contribution in [0.2, 0.25) is 0 Å². The maximum absolute atomic E-state index is 3.61. The summed E-state index contributed by atoms with van der Waals surface area (Å²) < 4.78 is 2.44. The first kappa shape index (κ1) is 14.7. The smallest absolute Gasteiger partial charge is 0.0765 e. The van der Waals surface area contributed by atoms with Crippen LogP contribution in [-0.4, -0.2) is 6.54 Å². The van der Waals surface area contributed by atoms with Gasteiger partial charge >= 0.3 is 0 Å². The molecule has 1 unspecified atom stereocenters. The fraction of sp³-hybridized carbons (Fsp3) is 0.385. The van der Waals surface area contributed by atoms with E-state index in [1.165, 1.54) is 28.5 Å². The molecule has 0 aliphatic heterocycles. The lowest BCUT2D eigenvalue weighted by molar-refractivity contribution is 0.648. The summed E-state index contributed by atoms with van der Waals surface area (Å²) in [4.78, 5) is 4.07. The maximum atomic E-state index is 3.61. The molecule has 0 aromatic carbocycles. The maximum Gasteiger partial charge on any atom is 0.0765 e. The molecule has 0 radical (unpaired) electrons. The highest BCUT2D eigenvalue weighted by Gasteiger charge is 2.19. The predicted octanol–water partition coefficient (Wildman–Crippen LogP) is 5.65. The van der Waals surface area contributed by atoms with Crippen LogP contribution < -0.4 is 5.32 Å². The molecule has 0 saturated heterocycles. The molecule has 98 valence electrons. The lowest BCUT2D eigenvalue weighted by atomic mass is 10.2. The fourth-order valence-corrected chi connectivity index (χ4v) is 5.19. The molecule has 1 atom stereocenters. The molecule has 0 fully saturated rings. The largest absolute Gasteiger partial charge is 0.305 e. The quantitative estimate of drug-likeness (QED) is 0.688. The third-order valence-corrected chi connectivity index (χ3v) is 7.13. The van der Waals surface area contributed by atoms with Crippen molar-refractivity contribution in [2.75, 3.05) is 6.54 Å². The number of aryl methyl sites for hydroxylation is 2. The zero-order chi connectivity index (χ0) is 13.3. The molecule has 2 heterocycles. The number of hydrogen-bond donors (Lipinski definition) is 1. The highest BCUT2D eigenvalue weighted by molar-refractivity contribution is 9.11. The van der Waals surface area contributed by atoms with Crippen molar-refractivity contribution < 1.29 is 0 Å². The standard InChI is InChI=1S/C13H15Br2NS2/c1-4-16-12(10-5-7(2)13(15)18-10)11-6-9(14)8(3)17-11/h5-6,12,16H,4H2,1-3H3. The molecule has 2 rings (SSSR count). The van der Waals surface area contributed by atoms with E-state index in [4.69, 9.17) is 0 Å². The highest BCUT2D eigenvalue weighted by atomic mass is 79.9. The molecule has 5 heteroatoms. The van der Waals surface area contributed by atoms with Gasteiger partial charge in [0.1, 0.15) is 0 Å². The molecule has 0 saturated carbocycles. The zero-order valence-electron chi connectivity index (χ0n) is 10.5. The minimum absolute atomic E-state index is 0.306. The van der Waals surface area contributed by atoms with Crippen molar-refractivity contribution in [2.24, 2.45) is 0 Å². The van der Waals surface area contributed by atoms with Crippen LogP contribution >= 0.6 is 54.5 Å². The van der Waals surface area contributed by atoms with Crippen LogP contribution in [-0.2, 0) is 0 Å². The van der Waals surface area contributed by atoms with Gasteiger partial charge in [-0.05, 0) is 69.9 Å². The minimum atomic E-state index is 0.306. The van der Waals surface area contributed by atoms with Crippen molar-refractivity contribution in [3.63, 3.8) is 0 Å². The Hall–Kier alpha value is 0.320. The Morgan fingerprint density at radius 1 is 1.17 bits per heavy atom. The Kier molecular flexibility index (Phi) is 5.06. The average Bonchev–Trinajstić information content (AvgIpc) is 2.81. The molecule has 1 N–H and O–H groups in total. The number of hydrogen-bond acceptors (Lipinski definition) is 3. The van der Waals surface area contributed by atoms with E-state index in [1.54, 1.807) is 0 Å². The molecule has 0 aliphatic carbocycles. The summed E-state index contributed by atoms with van der Waals surface area (Å²) in [5.74, 6) is 0. The Balaban J connectivity index is 2.39. The summed E-state index contributed by atoms with van der Waals surface area (Å²) >= 11 is 10.9. The molecule has 0 aliphatic rings. The van der Waals surface area contributed by atoms with Crippen molar-refractivity contribution in [3.8, 4) is 0 Å². The summed E-state index contributed by atoms with van der Waals surface area (Å²) in [6.07, 6.45) is 0. The van der Waals surface area contributed by atoms with E-state index in [0.29, 0.717) is 6.04 Å². The second kappa shape index (κ2) is 6.18. The van der Waals surface area contributed by atoms with Crippen LogP contribution in [0.1, 0.15) is 33.2 Å². The van der Waals surface area contributed by atoms with Crippen molar-refractivity contribution in [1.29, 1.82) is 0 Å². The summed E-state index contributed by atoms with van der Waals surface area (Å²) in [6, 6.07) is 4.81. The van der Waals surface area contributed by atoms with E-state index >= 15 is 0 Å². The highest BCUT2D eigenvalue weighted by Crippen LogP contribution is 2.38. The fourth-order valence-electron chi connectivity index (χ4n) is 1.80. The second-order valence-corrected chi connectivity index (χ2v) is 8.69. The first-order valence-electron chi connectivity index (χ1n) is 5.78. The molecular weight excluding hydrogens is 394 g/mol. The van der Waals surface area contributed by atoms with E-state index in [0.717, 1.165) is 6.54 Å². The summed E-state index contributed by atoms with van der Waals surface area (Å²) in [5, 5.41) is 3.58. The molecule has 1 nitrogen and oxygen atoms in total. The zero-order valence-corrected chi connectivity index (χ0v) is 15.3. The lowest BCUT2D eigenvalue weighted by Gasteiger charge is -2.14.